The van der Waals surface area contributed by atoms with E-state index in [1.54, 1.807) is 0 Å². The fraction of sp³-hybridized carbons (Fsp3) is 0.179. The molecule has 7 heteroatoms. The van der Waals surface area contributed by atoms with Crippen molar-refractivity contribution < 1.29 is 4.74 Å². The van der Waals surface area contributed by atoms with Gasteiger partial charge >= 0.3 is 0 Å². The van der Waals surface area contributed by atoms with Crippen LogP contribution in [0.5, 0.6) is 11.5 Å². The first-order valence-corrected chi connectivity index (χ1v) is 15.6. The van der Waals surface area contributed by atoms with Crippen LogP contribution in [0.25, 0.3) is 44.4 Å². The molecule has 0 atom stereocenters. The molecule has 7 nitrogen and oxygen atoms in total. The van der Waals surface area contributed by atoms with Crippen molar-refractivity contribution in [3.05, 3.63) is 121 Å². The maximum atomic E-state index is 6.50. The normalized spacial score (nSPS) is 11.3. The van der Waals surface area contributed by atoms with Crippen LogP contribution in [0.2, 0.25) is 0 Å². The lowest BCUT2D eigenvalue weighted by Crippen LogP contribution is -2.15. The second kappa shape index (κ2) is 11.7. The van der Waals surface area contributed by atoms with Gasteiger partial charge in [0.2, 0.25) is 0 Å². The second-order valence-electron chi connectivity index (χ2n) is 12.1. The standard InChI is InChI=1S/C39H38N6O/c1-7-27-17-18-40-38(21-27)45-34-14-9-8-13-32(34)33-16-15-31(23-35(33)45)46-30-12-10-11-29(22-30)44-25-28(24-41-44)39-36(42(3)4)19-26(2)20-37(39)43(5)6/h8-25H,7H2,1-6H3. The number of hydrogen-bond donors (Lipinski definition) is 0. The molecule has 0 fully saturated rings. The van der Waals surface area contributed by atoms with E-state index >= 15 is 0 Å². The molecule has 0 aliphatic carbocycles. The maximum Gasteiger partial charge on any atom is 0.137 e. The van der Waals surface area contributed by atoms with E-state index in [1.165, 1.54) is 16.5 Å². The van der Waals surface area contributed by atoms with Crippen LogP contribution >= 0.6 is 0 Å². The molecule has 7 rings (SSSR count). The van der Waals surface area contributed by atoms with Crippen LogP contribution in [0.3, 0.4) is 0 Å². The van der Waals surface area contributed by atoms with Gasteiger partial charge in [0.15, 0.2) is 0 Å². The fourth-order valence-electron chi connectivity index (χ4n) is 6.23. The summed E-state index contributed by atoms with van der Waals surface area (Å²) in [6.45, 7) is 4.30. The highest BCUT2D eigenvalue weighted by Gasteiger charge is 2.18. The van der Waals surface area contributed by atoms with Gasteiger partial charge in [-0.05, 0) is 79.1 Å². The Morgan fingerprint density at radius 2 is 1.48 bits per heavy atom. The van der Waals surface area contributed by atoms with E-state index in [2.05, 4.69) is 123 Å². The third-order valence-corrected chi connectivity index (χ3v) is 8.49. The van der Waals surface area contributed by atoms with E-state index in [0.717, 1.165) is 68.3 Å². The van der Waals surface area contributed by atoms with Gasteiger partial charge in [-0.1, -0.05) is 31.2 Å². The number of ether oxygens (including phenoxy) is 1. The minimum absolute atomic E-state index is 0.737. The summed E-state index contributed by atoms with van der Waals surface area (Å²) in [5.41, 5.74) is 10.1. The van der Waals surface area contributed by atoms with Crippen molar-refractivity contribution in [1.82, 2.24) is 19.3 Å². The number of hydrogen-bond acceptors (Lipinski definition) is 5. The molecule has 0 N–H and O–H groups in total. The first-order chi connectivity index (χ1) is 22.3. The van der Waals surface area contributed by atoms with Crippen LogP contribution in [-0.2, 0) is 6.42 Å². The van der Waals surface area contributed by atoms with Gasteiger partial charge in [0.25, 0.3) is 0 Å². The van der Waals surface area contributed by atoms with Gasteiger partial charge in [0, 0.05) is 86.0 Å². The van der Waals surface area contributed by atoms with E-state index in [0.29, 0.717) is 0 Å². The molecule has 0 saturated carbocycles. The van der Waals surface area contributed by atoms with Gasteiger partial charge in [-0.2, -0.15) is 5.10 Å². The van der Waals surface area contributed by atoms with E-state index < -0.39 is 0 Å². The van der Waals surface area contributed by atoms with Gasteiger partial charge < -0.3 is 14.5 Å². The van der Waals surface area contributed by atoms with Crippen molar-refractivity contribution in [3.8, 4) is 34.1 Å². The predicted octanol–water partition coefficient (Wildman–Crippen LogP) is 8.83. The van der Waals surface area contributed by atoms with Crippen molar-refractivity contribution in [2.45, 2.75) is 20.3 Å². The quantitative estimate of drug-likeness (QED) is 0.173. The average Bonchev–Trinajstić information content (AvgIpc) is 3.67. The summed E-state index contributed by atoms with van der Waals surface area (Å²) in [5.74, 6) is 2.40. The van der Waals surface area contributed by atoms with Crippen LogP contribution in [0.15, 0.2) is 110 Å². The first kappa shape index (κ1) is 29.2. The molecule has 0 bridgehead atoms. The molecular weight excluding hydrogens is 568 g/mol. The number of aryl methyl sites for hydroxylation is 2. The number of pyridine rings is 1. The Morgan fingerprint density at radius 1 is 0.739 bits per heavy atom. The minimum atomic E-state index is 0.737. The number of rotatable bonds is 8. The van der Waals surface area contributed by atoms with E-state index in [4.69, 9.17) is 14.8 Å². The molecule has 0 spiro atoms. The lowest BCUT2D eigenvalue weighted by atomic mass is 10.0. The zero-order valence-corrected chi connectivity index (χ0v) is 27.2. The maximum absolute atomic E-state index is 6.50. The molecule has 0 aliphatic heterocycles. The Balaban J connectivity index is 1.25. The van der Waals surface area contributed by atoms with Crippen LogP contribution < -0.4 is 14.5 Å². The van der Waals surface area contributed by atoms with Crippen molar-refractivity contribution >= 4 is 33.2 Å². The van der Waals surface area contributed by atoms with Crippen molar-refractivity contribution in [2.75, 3.05) is 38.0 Å². The summed E-state index contributed by atoms with van der Waals surface area (Å²) in [6.07, 6.45) is 6.87. The lowest BCUT2D eigenvalue weighted by molar-refractivity contribution is 0.483. The third-order valence-electron chi connectivity index (χ3n) is 8.49. The van der Waals surface area contributed by atoms with Crippen molar-refractivity contribution in [1.29, 1.82) is 0 Å². The summed E-state index contributed by atoms with van der Waals surface area (Å²) >= 11 is 0. The summed E-state index contributed by atoms with van der Waals surface area (Å²) < 4.78 is 10.6. The molecule has 0 aliphatic rings. The number of aromatic nitrogens is 4. The molecule has 230 valence electrons. The molecule has 46 heavy (non-hydrogen) atoms. The number of nitrogens with zero attached hydrogens (tertiary/aromatic N) is 6. The van der Waals surface area contributed by atoms with Gasteiger partial charge in [-0.3, -0.25) is 4.57 Å². The predicted molar refractivity (Wildman–Crippen MR) is 190 cm³/mol. The Labute approximate surface area is 269 Å². The largest absolute Gasteiger partial charge is 0.457 e. The van der Waals surface area contributed by atoms with Crippen LogP contribution in [0, 0.1) is 6.92 Å². The number of benzene rings is 4. The van der Waals surface area contributed by atoms with Gasteiger partial charge in [0.1, 0.15) is 17.3 Å². The fourth-order valence-corrected chi connectivity index (χ4v) is 6.23. The molecule has 3 heterocycles. The van der Waals surface area contributed by atoms with E-state index in [-0.39, 0.29) is 0 Å². The smallest absolute Gasteiger partial charge is 0.137 e. The zero-order valence-electron chi connectivity index (χ0n) is 27.2. The monoisotopic (exact) mass is 606 g/mol. The summed E-state index contributed by atoms with van der Waals surface area (Å²) in [7, 11) is 8.33. The Bertz CT molecular complexity index is 2180. The second-order valence-corrected chi connectivity index (χ2v) is 12.1. The van der Waals surface area contributed by atoms with E-state index in [1.807, 2.05) is 47.4 Å². The van der Waals surface area contributed by atoms with Crippen molar-refractivity contribution in [2.24, 2.45) is 0 Å². The molecule has 0 saturated heterocycles. The molecule has 0 radical (unpaired) electrons. The van der Waals surface area contributed by atoms with Crippen LogP contribution in [0.4, 0.5) is 11.4 Å². The summed E-state index contributed by atoms with van der Waals surface area (Å²) in [6, 6.07) is 31.5. The van der Waals surface area contributed by atoms with Crippen LogP contribution in [0.1, 0.15) is 18.1 Å². The molecule has 0 amide bonds. The molecule has 0 unspecified atom stereocenters. The number of anilines is 2. The number of para-hydroxylation sites is 1. The third kappa shape index (κ3) is 5.24. The zero-order chi connectivity index (χ0) is 31.9. The van der Waals surface area contributed by atoms with Crippen molar-refractivity contribution in [3.63, 3.8) is 0 Å². The average molecular weight is 607 g/mol. The Hall–Kier alpha value is -5.56. The van der Waals surface area contributed by atoms with Crippen LogP contribution in [-0.4, -0.2) is 47.5 Å². The topological polar surface area (TPSA) is 51.4 Å². The molecule has 7 aromatic rings. The number of fused-ring (bicyclic) bond motifs is 3. The van der Waals surface area contributed by atoms with Gasteiger partial charge in [0.05, 0.1) is 22.9 Å². The van der Waals surface area contributed by atoms with Gasteiger partial charge in [-0.25, -0.2) is 9.67 Å². The van der Waals surface area contributed by atoms with E-state index in [9.17, 15) is 0 Å². The highest BCUT2D eigenvalue weighted by Crippen LogP contribution is 2.40. The summed E-state index contributed by atoms with van der Waals surface area (Å²) in [5, 5.41) is 7.12. The summed E-state index contributed by atoms with van der Waals surface area (Å²) in [4.78, 5) is 9.08. The Kier molecular flexibility index (Phi) is 7.45. The SMILES string of the molecule is CCc1ccnc(-n2c3ccccc3c3ccc(Oc4cccc(-n5cc(-c6c(N(C)C)cc(C)cc6N(C)C)cn5)c4)cc32)c1. The Morgan fingerprint density at radius 3 is 2.24 bits per heavy atom. The molecule has 4 aromatic carbocycles. The first-order valence-electron chi connectivity index (χ1n) is 15.6. The molecular formula is C39H38N6O. The molecule has 3 aromatic heterocycles. The highest BCUT2D eigenvalue weighted by atomic mass is 16.5. The highest BCUT2D eigenvalue weighted by molar-refractivity contribution is 6.09. The minimum Gasteiger partial charge on any atom is -0.457 e. The lowest BCUT2D eigenvalue weighted by Gasteiger charge is -2.24. The van der Waals surface area contributed by atoms with Gasteiger partial charge in [-0.15, -0.1) is 0 Å².